The Morgan fingerprint density at radius 3 is 2.80 bits per heavy atom. The van der Waals surface area contributed by atoms with Crippen molar-refractivity contribution in [3.8, 4) is 0 Å². The molecule has 0 radical (unpaired) electrons. The molecule has 4 heteroatoms. The predicted octanol–water partition coefficient (Wildman–Crippen LogP) is 1.99. The molecule has 2 amide bonds. The van der Waals surface area contributed by atoms with Crippen molar-refractivity contribution in [3.63, 3.8) is 0 Å². The molecule has 20 heavy (non-hydrogen) atoms. The fourth-order valence-corrected chi connectivity index (χ4v) is 2.44. The first-order valence-electron chi connectivity index (χ1n) is 7.29. The van der Waals surface area contributed by atoms with Gasteiger partial charge < -0.3 is 5.32 Å². The molecule has 2 rings (SSSR count). The molecular formula is C16H22N2O2. The SMILES string of the molecule is CCCNC(C)CCN1C(=O)Cc2ccccc2C1=O. The number of carbonyl (C=O) groups excluding carboxylic acids is 2. The second kappa shape index (κ2) is 6.66. The summed E-state index contributed by atoms with van der Waals surface area (Å²) in [4.78, 5) is 25.8. The van der Waals surface area contributed by atoms with E-state index in [2.05, 4.69) is 19.2 Å². The zero-order chi connectivity index (χ0) is 14.5. The summed E-state index contributed by atoms with van der Waals surface area (Å²) in [6.07, 6.45) is 2.21. The predicted molar refractivity (Wildman–Crippen MR) is 78.6 cm³/mol. The molecule has 0 bridgehead atoms. The third-order valence-electron chi connectivity index (χ3n) is 3.66. The lowest BCUT2D eigenvalue weighted by atomic mass is 9.98. The van der Waals surface area contributed by atoms with Crippen LogP contribution in [0.5, 0.6) is 0 Å². The van der Waals surface area contributed by atoms with Crippen LogP contribution < -0.4 is 5.32 Å². The van der Waals surface area contributed by atoms with Gasteiger partial charge in [-0.2, -0.15) is 0 Å². The normalized spacial score (nSPS) is 16.2. The van der Waals surface area contributed by atoms with E-state index in [1.165, 1.54) is 4.90 Å². The van der Waals surface area contributed by atoms with Gasteiger partial charge in [0.15, 0.2) is 0 Å². The molecule has 0 aromatic heterocycles. The molecule has 1 aromatic carbocycles. The minimum Gasteiger partial charge on any atom is -0.314 e. The number of nitrogens with zero attached hydrogens (tertiary/aromatic N) is 1. The quantitative estimate of drug-likeness (QED) is 0.807. The Balaban J connectivity index is 1.99. The van der Waals surface area contributed by atoms with Gasteiger partial charge in [0.05, 0.1) is 6.42 Å². The summed E-state index contributed by atoms with van der Waals surface area (Å²) < 4.78 is 0. The molecule has 1 N–H and O–H groups in total. The molecule has 0 saturated heterocycles. The van der Waals surface area contributed by atoms with Crippen LogP contribution in [0.3, 0.4) is 0 Å². The molecule has 1 unspecified atom stereocenters. The first-order valence-corrected chi connectivity index (χ1v) is 7.29. The number of benzene rings is 1. The van der Waals surface area contributed by atoms with E-state index in [-0.39, 0.29) is 11.8 Å². The summed E-state index contributed by atoms with van der Waals surface area (Å²) in [5, 5.41) is 3.37. The smallest absolute Gasteiger partial charge is 0.260 e. The highest BCUT2D eigenvalue weighted by Gasteiger charge is 2.30. The van der Waals surface area contributed by atoms with Gasteiger partial charge in [0.25, 0.3) is 5.91 Å². The number of imide groups is 1. The maximum Gasteiger partial charge on any atom is 0.260 e. The number of fused-ring (bicyclic) bond motifs is 1. The van der Waals surface area contributed by atoms with Crippen LogP contribution in [-0.2, 0) is 11.2 Å². The maximum atomic E-state index is 12.3. The molecule has 0 spiro atoms. The molecule has 0 fully saturated rings. The molecule has 1 aromatic rings. The van der Waals surface area contributed by atoms with Crippen molar-refractivity contribution in [2.45, 2.75) is 39.2 Å². The van der Waals surface area contributed by atoms with E-state index in [0.717, 1.165) is 24.9 Å². The molecule has 0 aliphatic carbocycles. The lowest BCUT2D eigenvalue weighted by Gasteiger charge is -2.27. The third-order valence-corrected chi connectivity index (χ3v) is 3.66. The molecule has 0 saturated carbocycles. The van der Waals surface area contributed by atoms with Gasteiger partial charge in [-0.3, -0.25) is 14.5 Å². The van der Waals surface area contributed by atoms with Crippen LogP contribution in [0.25, 0.3) is 0 Å². The van der Waals surface area contributed by atoms with Crippen molar-refractivity contribution in [2.75, 3.05) is 13.1 Å². The van der Waals surface area contributed by atoms with Gasteiger partial charge in [-0.15, -0.1) is 0 Å². The third kappa shape index (κ3) is 3.25. The van der Waals surface area contributed by atoms with E-state index in [0.29, 0.717) is 24.6 Å². The van der Waals surface area contributed by atoms with E-state index >= 15 is 0 Å². The Bertz CT molecular complexity index is 499. The average molecular weight is 274 g/mol. The van der Waals surface area contributed by atoms with Gasteiger partial charge in [-0.25, -0.2) is 0 Å². The Morgan fingerprint density at radius 2 is 2.05 bits per heavy atom. The summed E-state index contributed by atoms with van der Waals surface area (Å²) in [5.74, 6) is -0.240. The Hall–Kier alpha value is -1.68. The molecule has 4 nitrogen and oxygen atoms in total. The zero-order valence-electron chi connectivity index (χ0n) is 12.2. The minimum atomic E-state index is -0.153. The lowest BCUT2D eigenvalue weighted by molar-refractivity contribution is -0.128. The van der Waals surface area contributed by atoms with Crippen molar-refractivity contribution in [2.24, 2.45) is 0 Å². The second-order valence-corrected chi connectivity index (χ2v) is 5.33. The van der Waals surface area contributed by atoms with E-state index in [9.17, 15) is 9.59 Å². The second-order valence-electron chi connectivity index (χ2n) is 5.33. The largest absolute Gasteiger partial charge is 0.314 e. The first kappa shape index (κ1) is 14.7. The minimum absolute atomic E-state index is 0.0867. The number of amides is 2. The van der Waals surface area contributed by atoms with Crippen molar-refractivity contribution < 1.29 is 9.59 Å². The standard InChI is InChI=1S/C16H22N2O2/c1-3-9-17-12(2)8-10-18-15(19)11-13-6-4-5-7-14(13)16(18)20/h4-7,12,17H,3,8-11H2,1-2H3. The molecule has 108 valence electrons. The van der Waals surface area contributed by atoms with Crippen molar-refractivity contribution >= 4 is 11.8 Å². The van der Waals surface area contributed by atoms with Crippen molar-refractivity contribution in [1.82, 2.24) is 10.2 Å². The average Bonchev–Trinajstić information content (AvgIpc) is 2.45. The Labute approximate surface area is 120 Å². The van der Waals surface area contributed by atoms with Gasteiger partial charge in [0.1, 0.15) is 0 Å². The summed E-state index contributed by atoms with van der Waals surface area (Å²) in [7, 11) is 0. The van der Waals surface area contributed by atoms with Crippen molar-refractivity contribution in [3.05, 3.63) is 35.4 Å². The number of rotatable bonds is 6. The van der Waals surface area contributed by atoms with E-state index < -0.39 is 0 Å². The molecule has 1 aliphatic rings. The molecule has 1 heterocycles. The monoisotopic (exact) mass is 274 g/mol. The maximum absolute atomic E-state index is 12.3. The fourth-order valence-electron chi connectivity index (χ4n) is 2.44. The highest BCUT2D eigenvalue weighted by Crippen LogP contribution is 2.19. The lowest BCUT2D eigenvalue weighted by Crippen LogP contribution is -2.44. The van der Waals surface area contributed by atoms with Crippen LogP contribution in [-0.4, -0.2) is 35.8 Å². The van der Waals surface area contributed by atoms with Crippen LogP contribution in [0.1, 0.15) is 42.6 Å². The Kier molecular flexibility index (Phi) is 4.90. The van der Waals surface area contributed by atoms with E-state index in [1.807, 2.05) is 18.2 Å². The van der Waals surface area contributed by atoms with Gasteiger partial charge in [-0.1, -0.05) is 25.1 Å². The van der Waals surface area contributed by atoms with Crippen molar-refractivity contribution in [1.29, 1.82) is 0 Å². The Morgan fingerprint density at radius 1 is 1.30 bits per heavy atom. The highest BCUT2D eigenvalue weighted by molar-refractivity contribution is 6.09. The van der Waals surface area contributed by atoms with Gasteiger partial charge in [0.2, 0.25) is 5.91 Å². The van der Waals surface area contributed by atoms with Gasteiger partial charge >= 0.3 is 0 Å². The van der Waals surface area contributed by atoms with Crippen LogP contribution in [0, 0.1) is 0 Å². The van der Waals surface area contributed by atoms with Crippen LogP contribution in [0.15, 0.2) is 24.3 Å². The van der Waals surface area contributed by atoms with E-state index in [1.54, 1.807) is 6.07 Å². The van der Waals surface area contributed by atoms with Crippen LogP contribution >= 0.6 is 0 Å². The first-order chi connectivity index (χ1) is 9.63. The fraction of sp³-hybridized carbons (Fsp3) is 0.500. The molecule has 1 aliphatic heterocycles. The number of hydrogen-bond donors (Lipinski definition) is 1. The molecule has 1 atom stereocenters. The number of hydrogen-bond acceptors (Lipinski definition) is 3. The zero-order valence-corrected chi connectivity index (χ0v) is 12.2. The molecular weight excluding hydrogens is 252 g/mol. The number of nitrogens with one attached hydrogen (secondary N) is 1. The summed E-state index contributed by atoms with van der Waals surface area (Å²) in [5.41, 5.74) is 1.51. The highest BCUT2D eigenvalue weighted by atomic mass is 16.2. The van der Waals surface area contributed by atoms with Crippen LogP contribution in [0.2, 0.25) is 0 Å². The number of carbonyl (C=O) groups is 2. The summed E-state index contributed by atoms with van der Waals surface area (Å²) in [6.45, 7) is 5.66. The van der Waals surface area contributed by atoms with Gasteiger partial charge in [0, 0.05) is 18.2 Å². The topological polar surface area (TPSA) is 49.4 Å². The van der Waals surface area contributed by atoms with Crippen LogP contribution in [0.4, 0.5) is 0 Å². The van der Waals surface area contributed by atoms with Gasteiger partial charge in [-0.05, 0) is 37.9 Å². The summed E-state index contributed by atoms with van der Waals surface area (Å²) in [6, 6.07) is 7.68. The summed E-state index contributed by atoms with van der Waals surface area (Å²) >= 11 is 0. The van der Waals surface area contributed by atoms with E-state index in [4.69, 9.17) is 0 Å².